The number of aromatic amines is 1. The highest BCUT2D eigenvalue weighted by molar-refractivity contribution is 6.04. The number of nitrogens with one attached hydrogen (secondary N) is 1. The second-order valence-electron chi connectivity index (χ2n) is 5.22. The number of H-pyrrole nitrogens is 1. The van der Waals surface area contributed by atoms with Gasteiger partial charge in [-0.1, -0.05) is 0 Å². The lowest BCUT2D eigenvalue weighted by atomic mass is 10.1. The molecule has 0 bridgehead atoms. The van der Waals surface area contributed by atoms with Crippen LogP contribution in [-0.2, 0) is 6.42 Å². The van der Waals surface area contributed by atoms with Crippen LogP contribution in [0.3, 0.4) is 0 Å². The highest BCUT2D eigenvalue weighted by Gasteiger charge is 2.29. The molecule has 0 saturated heterocycles. The summed E-state index contributed by atoms with van der Waals surface area (Å²) in [6.45, 7) is 2.58. The number of carbonyl (C=O) groups is 1. The molecule has 1 aromatic carbocycles. The Morgan fingerprint density at radius 2 is 2.10 bits per heavy atom. The first-order valence-corrected chi connectivity index (χ1v) is 6.92. The average molecular weight is 288 g/mol. The van der Waals surface area contributed by atoms with E-state index in [4.69, 9.17) is 0 Å². The Bertz CT molecular complexity index is 665. The zero-order chi connectivity index (χ0) is 15.0. The standard InChI is InChI=1S/C15H17FN4O/c1-10-14-13(18-17-10)4-3-9-20(14)15(21)19(2)12-7-5-11(16)6-8-12/h5-8H,3-4,9H2,1-2H3,(H,17,18). The number of rotatable bonds is 1. The molecule has 0 fully saturated rings. The number of amides is 2. The van der Waals surface area contributed by atoms with E-state index in [0.717, 1.165) is 29.9 Å². The van der Waals surface area contributed by atoms with Crippen LogP contribution in [0.1, 0.15) is 17.8 Å². The molecule has 5 nitrogen and oxygen atoms in total. The van der Waals surface area contributed by atoms with Crippen LogP contribution in [0.4, 0.5) is 20.6 Å². The van der Waals surface area contributed by atoms with E-state index in [2.05, 4.69) is 10.2 Å². The van der Waals surface area contributed by atoms with Gasteiger partial charge in [-0.2, -0.15) is 5.10 Å². The highest BCUT2D eigenvalue weighted by atomic mass is 19.1. The maximum atomic E-state index is 13.0. The number of fused-ring (bicyclic) bond motifs is 1. The maximum Gasteiger partial charge on any atom is 0.328 e. The van der Waals surface area contributed by atoms with Crippen LogP contribution < -0.4 is 9.80 Å². The summed E-state index contributed by atoms with van der Waals surface area (Å²) in [5.74, 6) is -0.314. The van der Waals surface area contributed by atoms with Gasteiger partial charge in [-0.3, -0.25) is 14.9 Å². The van der Waals surface area contributed by atoms with Crippen molar-refractivity contribution in [2.45, 2.75) is 19.8 Å². The number of nitrogens with zero attached hydrogens (tertiary/aromatic N) is 3. The SMILES string of the molecule is Cc1[nH]nc2c1N(C(=O)N(C)c1ccc(F)cc1)CCC2. The fourth-order valence-electron chi connectivity index (χ4n) is 2.67. The summed E-state index contributed by atoms with van der Waals surface area (Å²) in [4.78, 5) is 16.0. The number of aromatic nitrogens is 2. The Hall–Kier alpha value is -2.37. The van der Waals surface area contributed by atoms with Crippen molar-refractivity contribution in [1.82, 2.24) is 10.2 Å². The van der Waals surface area contributed by atoms with Gasteiger partial charge in [0.25, 0.3) is 0 Å². The lowest BCUT2D eigenvalue weighted by Gasteiger charge is -2.31. The van der Waals surface area contributed by atoms with Gasteiger partial charge in [0.05, 0.1) is 17.1 Å². The van der Waals surface area contributed by atoms with Crippen LogP contribution >= 0.6 is 0 Å². The van der Waals surface area contributed by atoms with Crippen LogP contribution in [0.5, 0.6) is 0 Å². The highest BCUT2D eigenvalue weighted by Crippen LogP contribution is 2.30. The topological polar surface area (TPSA) is 52.2 Å². The van der Waals surface area contributed by atoms with E-state index in [1.54, 1.807) is 24.1 Å². The molecule has 0 atom stereocenters. The van der Waals surface area contributed by atoms with E-state index >= 15 is 0 Å². The van der Waals surface area contributed by atoms with Gasteiger partial charge >= 0.3 is 6.03 Å². The van der Waals surface area contributed by atoms with Crippen LogP contribution in [0.25, 0.3) is 0 Å². The lowest BCUT2D eigenvalue weighted by molar-refractivity contribution is 0.252. The van der Waals surface area contributed by atoms with Crippen LogP contribution in [0.15, 0.2) is 24.3 Å². The second-order valence-corrected chi connectivity index (χ2v) is 5.22. The zero-order valence-corrected chi connectivity index (χ0v) is 12.1. The van der Waals surface area contributed by atoms with Gasteiger partial charge in [-0.05, 0) is 44.0 Å². The second kappa shape index (κ2) is 5.20. The molecule has 0 aliphatic carbocycles. The molecule has 21 heavy (non-hydrogen) atoms. The molecule has 3 rings (SSSR count). The van der Waals surface area contributed by atoms with Gasteiger partial charge in [0, 0.05) is 19.3 Å². The van der Waals surface area contributed by atoms with Crippen molar-refractivity contribution in [1.29, 1.82) is 0 Å². The lowest BCUT2D eigenvalue weighted by Crippen LogP contribution is -2.44. The summed E-state index contributed by atoms with van der Waals surface area (Å²) in [6.07, 6.45) is 1.77. The molecule has 0 radical (unpaired) electrons. The monoisotopic (exact) mass is 288 g/mol. The number of halogens is 1. The molecule has 2 amide bonds. The van der Waals surface area contributed by atoms with Crippen molar-refractivity contribution >= 4 is 17.4 Å². The van der Waals surface area contributed by atoms with E-state index in [-0.39, 0.29) is 11.8 Å². The summed E-state index contributed by atoms with van der Waals surface area (Å²) >= 11 is 0. The molecule has 0 unspecified atom stereocenters. The Kier molecular flexibility index (Phi) is 3.37. The maximum absolute atomic E-state index is 13.0. The molecule has 0 saturated carbocycles. The molecule has 6 heteroatoms. The number of hydrogen-bond acceptors (Lipinski definition) is 2. The number of urea groups is 1. The fraction of sp³-hybridized carbons (Fsp3) is 0.333. The van der Waals surface area contributed by atoms with Crippen molar-refractivity contribution < 1.29 is 9.18 Å². The number of carbonyl (C=O) groups excluding carboxylic acids is 1. The van der Waals surface area contributed by atoms with Crippen molar-refractivity contribution in [3.63, 3.8) is 0 Å². The molecule has 1 aliphatic rings. The first kappa shape index (κ1) is 13.6. The predicted molar refractivity (Wildman–Crippen MR) is 79.2 cm³/mol. The van der Waals surface area contributed by atoms with E-state index in [1.165, 1.54) is 17.0 Å². The molecule has 110 valence electrons. The summed E-state index contributed by atoms with van der Waals surface area (Å²) in [5, 5.41) is 7.18. The number of benzene rings is 1. The third-order valence-corrected chi connectivity index (χ3v) is 3.78. The molecule has 0 spiro atoms. The first-order valence-electron chi connectivity index (χ1n) is 6.92. The summed E-state index contributed by atoms with van der Waals surface area (Å²) < 4.78 is 13.0. The quantitative estimate of drug-likeness (QED) is 0.877. The third-order valence-electron chi connectivity index (χ3n) is 3.78. The predicted octanol–water partition coefficient (Wildman–Crippen LogP) is 2.87. The number of hydrogen-bond donors (Lipinski definition) is 1. The zero-order valence-electron chi connectivity index (χ0n) is 12.1. The van der Waals surface area contributed by atoms with Crippen LogP contribution in [0.2, 0.25) is 0 Å². The molecular weight excluding hydrogens is 271 g/mol. The molecule has 2 aromatic rings. The summed E-state index contributed by atoms with van der Waals surface area (Å²) in [6, 6.07) is 5.76. The molecule has 1 aliphatic heterocycles. The Balaban J connectivity index is 1.89. The normalized spacial score (nSPS) is 14.0. The van der Waals surface area contributed by atoms with Gasteiger partial charge in [-0.15, -0.1) is 0 Å². The van der Waals surface area contributed by atoms with Crippen molar-refractivity contribution in [2.75, 3.05) is 23.4 Å². The van der Waals surface area contributed by atoms with Gasteiger partial charge in [0.1, 0.15) is 5.82 Å². The van der Waals surface area contributed by atoms with Crippen LogP contribution in [-0.4, -0.2) is 29.8 Å². The Morgan fingerprint density at radius 3 is 2.81 bits per heavy atom. The number of aryl methyl sites for hydroxylation is 2. The smallest absolute Gasteiger partial charge is 0.297 e. The summed E-state index contributed by atoms with van der Waals surface area (Å²) in [5.41, 5.74) is 3.36. The molecule has 2 heterocycles. The molecule has 1 N–H and O–H groups in total. The molecule has 1 aromatic heterocycles. The first-order chi connectivity index (χ1) is 10.1. The van der Waals surface area contributed by atoms with Gasteiger partial charge in [-0.25, -0.2) is 9.18 Å². The molecular formula is C15H17FN4O. The minimum atomic E-state index is -0.314. The number of anilines is 2. The van der Waals surface area contributed by atoms with Gasteiger partial charge in [0.15, 0.2) is 0 Å². The van der Waals surface area contributed by atoms with E-state index in [1.807, 2.05) is 6.92 Å². The van der Waals surface area contributed by atoms with Gasteiger partial charge < -0.3 is 0 Å². The fourth-order valence-corrected chi connectivity index (χ4v) is 2.67. The van der Waals surface area contributed by atoms with Crippen molar-refractivity contribution in [3.05, 3.63) is 41.5 Å². The average Bonchev–Trinajstić information content (AvgIpc) is 2.88. The summed E-state index contributed by atoms with van der Waals surface area (Å²) in [7, 11) is 1.69. The van der Waals surface area contributed by atoms with E-state index in [9.17, 15) is 9.18 Å². The largest absolute Gasteiger partial charge is 0.328 e. The van der Waals surface area contributed by atoms with Crippen LogP contribution in [0, 0.1) is 12.7 Å². The van der Waals surface area contributed by atoms with E-state index < -0.39 is 0 Å². The minimum absolute atomic E-state index is 0.132. The Morgan fingerprint density at radius 1 is 1.38 bits per heavy atom. The van der Waals surface area contributed by atoms with Crippen molar-refractivity contribution in [2.24, 2.45) is 0 Å². The third kappa shape index (κ3) is 2.37. The Labute approximate surface area is 122 Å². The van der Waals surface area contributed by atoms with E-state index in [0.29, 0.717) is 12.2 Å². The van der Waals surface area contributed by atoms with Gasteiger partial charge in [0.2, 0.25) is 0 Å². The van der Waals surface area contributed by atoms with Crippen molar-refractivity contribution in [3.8, 4) is 0 Å². The minimum Gasteiger partial charge on any atom is -0.297 e.